The molecule has 0 radical (unpaired) electrons. The molecule has 0 spiro atoms. The van der Waals surface area contributed by atoms with Crippen LogP contribution < -0.4 is 5.32 Å². The molecule has 1 aromatic rings. The SMILES string of the molecule is O=C(NCC(=O)N1CCCC1)c1cc(Cl)sc1Cl. The smallest absolute Gasteiger partial charge is 0.254 e. The van der Waals surface area contributed by atoms with E-state index in [2.05, 4.69) is 5.32 Å². The van der Waals surface area contributed by atoms with Crippen LogP contribution in [0.2, 0.25) is 8.67 Å². The minimum Gasteiger partial charge on any atom is -0.343 e. The van der Waals surface area contributed by atoms with Crippen molar-refractivity contribution in [3.05, 3.63) is 20.3 Å². The molecule has 7 heteroatoms. The lowest BCUT2D eigenvalue weighted by atomic mass is 10.3. The molecule has 1 aliphatic heterocycles. The Labute approximate surface area is 119 Å². The van der Waals surface area contributed by atoms with Gasteiger partial charge in [-0.3, -0.25) is 9.59 Å². The minimum absolute atomic E-state index is 0.00261. The molecular formula is C11H12Cl2N2O2S. The molecule has 1 fully saturated rings. The third-order valence-corrected chi connectivity index (χ3v) is 4.25. The van der Waals surface area contributed by atoms with Crippen LogP contribution in [0.1, 0.15) is 23.2 Å². The number of thiophene rings is 1. The highest BCUT2D eigenvalue weighted by Crippen LogP contribution is 2.30. The van der Waals surface area contributed by atoms with E-state index in [4.69, 9.17) is 23.2 Å². The summed E-state index contributed by atoms with van der Waals surface area (Å²) in [5.74, 6) is -0.422. The maximum atomic E-state index is 11.8. The monoisotopic (exact) mass is 306 g/mol. The lowest BCUT2D eigenvalue weighted by molar-refractivity contribution is -0.129. The Morgan fingerprint density at radius 3 is 2.56 bits per heavy atom. The van der Waals surface area contributed by atoms with Crippen LogP contribution in [-0.4, -0.2) is 36.3 Å². The molecular weight excluding hydrogens is 295 g/mol. The van der Waals surface area contributed by atoms with Crippen molar-refractivity contribution in [2.24, 2.45) is 0 Å². The summed E-state index contributed by atoms with van der Waals surface area (Å²) in [6.07, 6.45) is 2.07. The first kappa shape index (κ1) is 13.6. The Hall–Kier alpha value is -0.780. The van der Waals surface area contributed by atoms with Crippen LogP contribution in [0.15, 0.2) is 6.07 Å². The fourth-order valence-electron chi connectivity index (χ4n) is 1.82. The van der Waals surface area contributed by atoms with Gasteiger partial charge in [-0.2, -0.15) is 0 Å². The molecule has 4 nitrogen and oxygen atoms in total. The van der Waals surface area contributed by atoms with Gasteiger partial charge < -0.3 is 10.2 Å². The highest BCUT2D eigenvalue weighted by Gasteiger charge is 2.19. The van der Waals surface area contributed by atoms with Crippen LogP contribution in [-0.2, 0) is 4.79 Å². The van der Waals surface area contributed by atoms with Gasteiger partial charge in [-0.15, -0.1) is 11.3 Å². The van der Waals surface area contributed by atoms with Gasteiger partial charge >= 0.3 is 0 Å². The molecule has 2 amide bonds. The van der Waals surface area contributed by atoms with Crippen molar-refractivity contribution >= 4 is 46.4 Å². The molecule has 0 atom stereocenters. The Kier molecular flexibility index (Phi) is 4.48. The average molecular weight is 307 g/mol. The summed E-state index contributed by atoms with van der Waals surface area (Å²) in [5, 5.41) is 2.56. The molecule has 0 aromatic carbocycles. The van der Waals surface area contributed by atoms with E-state index >= 15 is 0 Å². The van der Waals surface area contributed by atoms with E-state index in [9.17, 15) is 9.59 Å². The highest BCUT2D eigenvalue weighted by molar-refractivity contribution is 7.20. The van der Waals surface area contributed by atoms with E-state index in [-0.39, 0.29) is 18.4 Å². The summed E-state index contributed by atoms with van der Waals surface area (Å²) >= 11 is 12.7. The zero-order valence-electron chi connectivity index (χ0n) is 9.54. The molecule has 0 bridgehead atoms. The van der Waals surface area contributed by atoms with Gasteiger partial charge in [0.15, 0.2) is 0 Å². The van der Waals surface area contributed by atoms with Gasteiger partial charge in [0.1, 0.15) is 4.34 Å². The number of hydrogen-bond acceptors (Lipinski definition) is 3. The van der Waals surface area contributed by atoms with Crippen molar-refractivity contribution in [3.63, 3.8) is 0 Å². The number of hydrogen-bond donors (Lipinski definition) is 1. The normalized spacial score (nSPS) is 14.9. The summed E-state index contributed by atoms with van der Waals surface area (Å²) in [6, 6.07) is 1.50. The van der Waals surface area contributed by atoms with Gasteiger partial charge in [0, 0.05) is 13.1 Å². The zero-order chi connectivity index (χ0) is 13.1. The van der Waals surface area contributed by atoms with Crippen molar-refractivity contribution in [1.82, 2.24) is 10.2 Å². The lowest BCUT2D eigenvalue weighted by Gasteiger charge is -2.15. The third-order valence-electron chi connectivity index (χ3n) is 2.76. The van der Waals surface area contributed by atoms with Gasteiger partial charge in [-0.05, 0) is 18.9 Å². The molecule has 1 aliphatic rings. The van der Waals surface area contributed by atoms with Gasteiger partial charge in [0.05, 0.1) is 16.4 Å². The number of nitrogens with one attached hydrogen (secondary N) is 1. The second-order valence-electron chi connectivity index (χ2n) is 4.01. The molecule has 98 valence electrons. The van der Waals surface area contributed by atoms with Crippen LogP contribution in [0.4, 0.5) is 0 Å². The van der Waals surface area contributed by atoms with Crippen LogP contribution in [0, 0.1) is 0 Å². The number of rotatable bonds is 3. The molecule has 0 unspecified atom stereocenters. The number of amides is 2. The molecule has 1 N–H and O–H groups in total. The van der Waals surface area contributed by atoms with Crippen molar-refractivity contribution < 1.29 is 9.59 Å². The van der Waals surface area contributed by atoms with Crippen LogP contribution in [0.3, 0.4) is 0 Å². The molecule has 0 saturated carbocycles. The summed E-state index contributed by atoms with van der Waals surface area (Å²) in [4.78, 5) is 25.3. The van der Waals surface area contributed by atoms with Crippen LogP contribution >= 0.6 is 34.5 Å². The minimum atomic E-state index is -0.365. The van der Waals surface area contributed by atoms with E-state index in [0.29, 0.717) is 14.2 Å². The molecule has 2 rings (SSSR count). The fraction of sp³-hybridized carbons (Fsp3) is 0.455. The first-order chi connectivity index (χ1) is 8.58. The maximum absolute atomic E-state index is 11.8. The average Bonchev–Trinajstić information content (AvgIpc) is 2.95. The third kappa shape index (κ3) is 3.16. The second-order valence-corrected chi connectivity index (χ2v) is 6.29. The Morgan fingerprint density at radius 1 is 1.33 bits per heavy atom. The number of carbonyl (C=O) groups is 2. The molecule has 2 heterocycles. The van der Waals surface area contributed by atoms with E-state index in [1.165, 1.54) is 6.07 Å². The first-order valence-corrected chi connectivity index (χ1v) is 7.16. The first-order valence-electron chi connectivity index (χ1n) is 5.58. The van der Waals surface area contributed by atoms with Crippen molar-refractivity contribution in [3.8, 4) is 0 Å². The summed E-state index contributed by atoms with van der Waals surface area (Å²) in [6.45, 7) is 1.56. The Balaban J connectivity index is 1.88. The fourth-order valence-corrected chi connectivity index (χ4v) is 3.28. The van der Waals surface area contributed by atoms with Gasteiger partial charge in [0.25, 0.3) is 5.91 Å². The highest BCUT2D eigenvalue weighted by atomic mass is 35.5. The Morgan fingerprint density at radius 2 is 2.00 bits per heavy atom. The maximum Gasteiger partial charge on any atom is 0.254 e. The summed E-state index contributed by atoms with van der Waals surface area (Å²) < 4.78 is 0.794. The largest absolute Gasteiger partial charge is 0.343 e. The number of halogens is 2. The molecule has 1 aromatic heterocycles. The van der Waals surface area contributed by atoms with Gasteiger partial charge in [0.2, 0.25) is 5.91 Å². The van der Waals surface area contributed by atoms with E-state index in [1.54, 1.807) is 4.90 Å². The van der Waals surface area contributed by atoms with E-state index in [1.807, 2.05) is 0 Å². The predicted octanol–water partition coefficient (Wildman–Crippen LogP) is 2.41. The van der Waals surface area contributed by atoms with Crippen LogP contribution in [0.25, 0.3) is 0 Å². The lowest BCUT2D eigenvalue weighted by Crippen LogP contribution is -2.38. The standard InChI is InChI=1S/C11H12Cl2N2O2S/c12-8-5-7(10(13)18-8)11(17)14-6-9(16)15-3-1-2-4-15/h5H,1-4,6H2,(H,14,17). The number of carbonyl (C=O) groups excluding carboxylic acids is 2. The predicted molar refractivity (Wildman–Crippen MR) is 72.5 cm³/mol. The van der Waals surface area contributed by atoms with Crippen molar-refractivity contribution in [2.45, 2.75) is 12.8 Å². The quantitative estimate of drug-likeness (QED) is 0.932. The zero-order valence-corrected chi connectivity index (χ0v) is 11.9. The molecule has 1 saturated heterocycles. The van der Waals surface area contributed by atoms with Gasteiger partial charge in [-0.1, -0.05) is 23.2 Å². The summed E-state index contributed by atoms with van der Waals surface area (Å²) in [7, 11) is 0. The summed E-state index contributed by atoms with van der Waals surface area (Å²) in [5.41, 5.74) is 0.320. The number of likely N-dealkylation sites (tertiary alicyclic amines) is 1. The van der Waals surface area contributed by atoms with E-state index in [0.717, 1.165) is 37.3 Å². The second kappa shape index (κ2) is 5.91. The van der Waals surface area contributed by atoms with Crippen LogP contribution in [0.5, 0.6) is 0 Å². The topological polar surface area (TPSA) is 49.4 Å². The molecule has 0 aliphatic carbocycles. The van der Waals surface area contributed by atoms with E-state index < -0.39 is 0 Å². The van der Waals surface area contributed by atoms with Crippen molar-refractivity contribution in [2.75, 3.05) is 19.6 Å². The molecule has 18 heavy (non-hydrogen) atoms. The van der Waals surface area contributed by atoms with Gasteiger partial charge in [-0.25, -0.2) is 0 Å². The number of nitrogens with zero attached hydrogens (tertiary/aromatic N) is 1. The Bertz CT molecular complexity index is 470. The van der Waals surface area contributed by atoms with Crippen molar-refractivity contribution in [1.29, 1.82) is 0 Å².